The first kappa shape index (κ1) is 14.8. The number of benzene rings is 1. The van der Waals surface area contributed by atoms with Crippen LogP contribution in [0, 0.1) is 5.41 Å². The van der Waals surface area contributed by atoms with Gasteiger partial charge < -0.3 is 5.32 Å². The van der Waals surface area contributed by atoms with Gasteiger partial charge in [0.1, 0.15) is 5.78 Å². The average molecular weight is 285 g/mol. The summed E-state index contributed by atoms with van der Waals surface area (Å²) in [5, 5.41) is 3.40. The van der Waals surface area contributed by atoms with Crippen LogP contribution < -0.4 is 5.32 Å². The van der Waals surface area contributed by atoms with Crippen molar-refractivity contribution in [3.63, 3.8) is 0 Å². The van der Waals surface area contributed by atoms with E-state index in [4.69, 9.17) is 0 Å². The Hall–Kier alpha value is -1.15. The first-order chi connectivity index (χ1) is 10.2. The van der Waals surface area contributed by atoms with E-state index in [9.17, 15) is 4.79 Å². The van der Waals surface area contributed by atoms with Crippen LogP contribution in [0.1, 0.15) is 62.5 Å². The van der Waals surface area contributed by atoms with Gasteiger partial charge in [0, 0.05) is 11.8 Å². The number of ketones is 1. The second-order valence-electron chi connectivity index (χ2n) is 6.80. The van der Waals surface area contributed by atoms with Gasteiger partial charge in [-0.2, -0.15) is 0 Å². The molecule has 114 valence electrons. The normalized spacial score (nSPS) is 24.3. The minimum atomic E-state index is -0.0440. The number of piperidine rings is 1. The van der Waals surface area contributed by atoms with Crippen LogP contribution in [-0.4, -0.2) is 18.9 Å². The number of hydrogen-bond donors (Lipinski definition) is 1. The van der Waals surface area contributed by atoms with Crippen molar-refractivity contribution in [2.45, 2.75) is 57.8 Å². The molecule has 1 atom stereocenters. The lowest BCUT2D eigenvalue weighted by molar-refractivity contribution is -0.131. The Morgan fingerprint density at radius 3 is 2.81 bits per heavy atom. The molecule has 1 aliphatic heterocycles. The van der Waals surface area contributed by atoms with Crippen molar-refractivity contribution in [2.24, 2.45) is 5.41 Å². The Balaban J connectivity index is 1.76. The molecular weight excluding hydrogens is 258 g/mol. The van der Waals surface area contributed by atoms with Crippen LogP contribution >= 0.6 is 0 Å². The monoisotopic (exact) mass is 285 g/mol. The third-order valence-electron chi connectivity index (χ3n) is 5.75. The van der Waals surface area contributed by atoms with E-state index >= 15 is 0 Å². The topological polar surface area (TPSA) is 29.1 Å². The molecule has 1 heterocycles. The first-order valence-electron chi connectivity index (χ1n) is 8.57. The molecule has 2 aliphatic rings. The maximum Gasteiger partial charge on any atom is 0.139 e. The van der Waals surface area contributed by atoms with Crippen LogP contribution in [0.5, 0.6) is 0 Å². The molecule has 2 nitrogen and oxygen atoms in total. The highest BCUT2D eigenvalue weighted by Crippen LogP contribution is 2.40. The van der Waals surface area contributed by atoms with Crippen molar-refractivity contribution >= 4 is 5.78 Å². The quantitative estimate of drug-likeness (QED) is 0.910. The minimum Gasteiger partial charge on any atom is -0.317 e. The predicted molar refractivity (Wildman–Crippen MR) is 86.6 cm³/mol. The predicted octanol–water partition coefficient (Wildman–Crippen LogP) is 3.85. The fraction of sp³-hybridized carbons (Fsp3) is 0.632. The van der Waals surface area contributed by atoms with E-state index in [2.05, 4.69) is 36.5 Å². The molecular formula is C19H27NO. The van der Waals surface area contributed by atoms with Gasteiger partial charge >= 0.3 is 0 Å². The summed E-state index contributed by atoms with van der Waals surface area (Å²) in [5.74, 6) is 0.981. The highest BCUT2D eigenvalue weighted by molar-refractivity contribution is 5.85. The molecule has 1 aliphatic carbocycles. The number of hydrogen-bond acceptors (Lipinski definition) is 2. The van der Waals surface area contributed by atoms with Gasteiger partial charge in [0.15, 0.2) is 0 Å². The molecule has 0 spiro atoms. The fourth-order valence-corrected chi connectivity index (χ4v) is 4.24. The van der Waals surface area contributed by atoms with Crippen LogP contribution in [0.25, 0.3) is 0 Å². The van der Waals surface area contributed by atoms with E-state index in [1.807, 2.05) is 0 Å². The van der Waals surface area contributed by atoms with E-state index in [0.717, 1.165) is 38.8 Å². The SMILES string of the molecule is CCC1(C(=O)CC2CCCc3ccccc32)CCNCC1. The van der Waals surface area contributed by atoms with Crippen LogP contribution in [0.4, 0.5) is 0 Å². The molecule has 2 heteroatoms. The molecule has 0 amide bonds. The van der Waals surface area contributed by atoms with Gasteiger partial charge in [-0.15, -0.1) is 0 Å². The molecule has 1 N–H and O–H groups in total. The van der Waals surface area contributed by atoms with Gasteiger partial charge in [-0.3, -0.25) is 4.79 Å². The second-order valence-corrected chi connectivity index (χ2v) is 6.80. The second kappa shape index (κ2) is 6.31. The minimum absolute atomic E-state index is 0.0440. The smallest absolute Gasteiger partial charge is 0.139 e. The van der Waals surface area contributed by atoms with E-state index < -0.39 is 0 Å². The largest absolute Gasteiger partial charge is 0.317 e. The summed E-state index contributed by atoms with van der Waals surface area (Å²) in [6.07, 6.45) is 7.40. The third kappa shape index (κ3) is 2.91. The Labute approximate surface area is 128 Å². The molecule has 1 aromatic carbocycles. The summed E-state index contributed by atoms with van der Waals surface area (Å²) in [6, 6.07) is 8.74. The number of rotatable bonds is 4. The highest BCUT2D eigenvalue weighted by atomic mass is 16.1. The fourth-order valence-electron chi connectivity index (χ4n) is 4.24. The summed E-state index contributed by atoms with van der Waals surface area (Å²) >= 11 is 0. The number of carbonyl (C=O) groups excluding carboxylic acids is 1. The molecule has 1 unspecified atom stereocenters. The number of Topliss-reactive ketones (excluding diaryl/α,β-unsaturated/α-hetero) is 1. The lowest BCUT2D eigenvalue weighted by atomic mass is 9.69. The van der Waals surface area contributed by atoms with Gasteiger partial charge in [-0.05, 0) is 68.7 Å². The summed E-state index contributed by atoms with van der Waals surface area (Å²) in [5.41, 5.74) is 2.87. The zero-order chi connectivity index (χ0) is 14.7. The van der Waals surface area contributed by atoms with Crippen molar-refractivity contribution in [2.75, 3.05) is 13.1 Å². The van der Waals surface area contributed by atoms with Crippen LogP contribution in [0.3, 0.4) is 0 Å². The first-order valence-corrected chi connectivity index (χ1v) is 8.57. The van der Waals surface area contributed by atoms with Gasteiger partial charge in [-0.25, -0.2) is 0 Å². The van der Waals surface area contributed by atoms with Crippen molar-refractivity contribution < 1.29 is 4.79 Å². The van der Waals surface area contributed by atoms with Crippen molar-refractivity contribution in [3.05, 3.63) is 35.4 Å². The molecule has 0 saturated carbocycles. The summed E-state index contributed by atoms with van der Waals surface area (Å²) in [6.45, 7) is 4.19. The maximum absolute atomic E-state index is 13.0. The van der Waals surface area contributed by atoms with Crippen molar-refractivity contribution in [1.29, 1.82) is 0 Å². The Morgan fingerprint density at radius 2 is 2.05 bits per heavy atom. The molecule has 0 radical (unpaired) electrons. The zero-order valence-electron chi connectivity index (χ0n) is 13.2. The van der Waals surface area contributed by atoms with Gasteiger partial charge in [0.2, 0.25) is 0 Å². The molecule has 1 saturated heterocycles. The summed E-state index contributed by atoms with van der Waals surface area (Å²) in [4.78, 5) is 13.0. The lowest BCUT2D eigenvalue weighted by Gasteiger charge is -2.37. The summed E-state index contributed by atoms with van der Waals surface area (Å²) in [7, 11) is 0. The highest BCUT2D eigenvalue weighted by Gasteiger charge is 2.38. The summed E-state index contributed by atoms with van der Waals surface area (Å²) < 4.78 is 0. The third-order valence-corrected chi connectivity index (χ3v) is 5.75. The molecule has 1 aromatic rings. The Bertz CT molecular complexity index is 502. The van der Waals surface area contributed by atoms with Crippen LogP contribution in [0.15, 0.2) is 24.3 Å². The average Bonchev–Trinajstić information content (AvgIpc) is 2.56. The van der Waals surface area contributed by atoms with E-state index in [1.54, 1.807) is 0 Å². The lowest BCUT2D eigenvalue weighted by Crippen LogP contribution is -2.42. The van der Waals surface area contributed by atoms with Gasteiger partial charge in [-0.1, -0.05) is 31.2 Å². The van der Waals surface area contributed by atoms with Gasteiger partial charge in [0.05, 0.1) is 0 Å². The number of aryl methyl sites for hydroxylation is 1. The van der Waals surface area contributed by atoms with Crippen LogP contribution in [-0.2, 0) is 11.2 Å². The van der Waals surface area contributed by atoms with Gasteiger partial charge in [0.25, 0.3) is 0 Å². The van der Waals surface area contributed by atoms with Crippen molar-refractivity contribution in [3.8, 4) is 0 Å². The zero-order valence-corrected chi connectivity index (χ0v) is 13.2. The number of nitrogens with one attached hydrogen (secondary N) is 1. The molecule has 1 fully saturated rings. The Kier molecular flexibility index (Phi) is 4.44. The van der Waals surface area contributed by atoms with Crippen LogP contribution in [0.2, 0.25) is 0 Å². The number of fused-ring (bicyclic) bond motifs is 1. The molecule has 3 rings (SSSR count). The number of carbonyl (C=O) groups is 1. The maximum atomic E-state index is 13.0. The van der Waals surface area contributed by atoms with E-state index in [1.165, 1.54) is 30.4 Å². The molecule has 0 bridgehead atoms. The molecule has 21 heavy (non-hydrogen) atoms. The molecule has 0 aromatic heterocycles. The van der Waals surface area contributed by atoms with E-state index in [0.29, 0.717) is 11.7 Å². The van der Waals surface area contributed by atoms with Crippen molar-refractivity contribution in [1.82, 2.24) is 5.32 Å². The van der Waals surface area contributed by atoms with E-state index in [-0.39, 0.29) is 5.41 Å². The standard InChI is InChI=1S/C19H27NO/c1-2-19(10-12-20-13-11-19)18(21)14-16-8-5-7-15-6-3-4-9-17(15)16/h3-4,6,9,16,20H,2,5,7-8,10-14H2,1H3. The Morgan fingerprint density at radius 1 is 1.29 bits per heavy atom.